The Kier molecular flexibility index (Phi) is 1.42. The minimum atomic E-state index is 0.504. The van der Waals surface area contributed by atoms with Gasteiger partial charge in [-0.2, -0.15) is 4.37 Å². The van der Waals surface area contributed by atoms with Gasteiger partial charge in [-0.05, 0) is 17.5 Å². The fourth-order valence-corrected chi connectivity index (χ4v) is 1.79. The molecule has 0 amide bonds. The van der Waals surface area contributed by atoms with Gasteiger partial charge in [0, 0.05) is 4.88 Å². The molecule has 0 unspecified atom stereocenters. The average molecular weight is 168 g/mol. The van der Waals surface area contributed by atoms with E-state index >= 15 is 0 Å². The van der Waals surface area contributed by atoms with Crippen molar-refractivity contribution in [2.24, 2.45) is 0 Å². The molecule has 3 nitrogen and oxygen atoms in total. The van der Waals surface area contributed by atoms with Gasteiger partial charge in [-0.15, -0.1) is 0 Å². The van der Waals surface area contributed by atoms with E-state index in [1.165, 1.54) is 16.4 Å². The molecule has 11 heavy (non-hydrogen) atoms. The van der Waals surface area contributed by atoms with Crippen LogP contribution in [0.25, 0.3) is 11.1 Å². The maximum absolute atomic E-state index is 4.90. The third-order valence-electron chi connectivity index (χ3n) is 1.57. The number of fused-ring (bicyclic) bond motifs is 1. The summed E-state index contributed by atoms with van der Waals surface area (Å²) in [5, 5.41) is 4.73. The fourth-order valence-electron chi connectivity index (χ4n) is 1.02. The summed E-state index contributed by atoms with van der Waals surface area (Å²) in [7, 11) is 0. The Balaban J connectivity index is 2.68. The SMILES string of the molecule is CC(C)c1snc2oncc12. The summed E-state index contributed by atoms with van der Waals surface area (Å²) >= 11 is 1.49. The van der Waals surface area contributed by atoms with Gasteiger partial charge in [0.1, 0.15) is 0 Å². The van der Waals surface area contributed by atoms with E-state index in [0.29, 0.717) is 11.6 Å². The van der Waals surface area contributed by atoms with Gasteiger partial charge in [0.15, 0.2) is 0 Å². The third kappa shape index (κ3) is 0.939. The van der Waals surface area contributed by atoms with Gasteiger partial charge in [0.25, 0.3) is 5.71 Å². The molecule has 0 radical (unpaired) electrons. The van der Waals surface area contributed by atoms with E-state index in [4.69, 9.17) is 4.52 Å². The second-order valence-corrected chi connectivity index (χ2v) is 3.55. The summed E-state index contributed by atoms with van der Waals surface area (Å²) in [6.45, 7) is 4.28. The molecule has 0 spiro atoms. The van der Waals surface area contributed by atoms with E-state index in [-0.39, 0.29) is 0 Å². The van der Waals surface area contributed by atoms with Gasteiger partial charge in [-0.3, -0.25) is 0 Å². The number of rotatable bonds is 1. The van der Waals surface area contributed by atoms with E-state index in [9.17, 15) is 0 Å². The van der Waals surface area contributed by atoms with Crippen molar-refractivity contribution in [3.05, 3.63) is 11.1 Å². The Morgan fingerprint density at radius 1 is 1.55 bits per heavy atom. The maximum atomic E-state index is 4.90. The minimum Gasteiger partial charge on any atom is -0.335 e. The molecule has 0 aromatic carbocycles. The highest BCUT2D eigenvalue weighted by Gasteiger charge is 2.11. The van der Waals surface area contributed by atoms with Gasteiger partial charge < -0.3 is 4.52 Å². The normalized spacial score (nSPS) is 11.5. The smallest absolute Gasteiger partial charge is 0.269 e. The Hall–Kier alpha value is -0.900. The van der Waals surface area contributed by atoms with Gasteiger partial charge in [-0.1, -0.05) is 19.0 Å². The van der Waals surface area contributed by atoms with Crippen molar-refractivity contribution >= 4 is 22.6 Å². The first kappa shape index (κ1) is 6.79. The van der Waals surface area contributed by atoms with Crippen LogP contribution in [0.1, 0.15) is 24.6 Å². The van der Waals surface area contributed by atoms with Crippen LogP contribution in [0.2, 0.25) is 0 Å². The lowest BCUT2D eigenvalue weighted by molar-refractivity contribution is 0.450. The molecule has 0 saturated carbocycles. The molecule has 58 valence electrons. The lowest BCUT2D eigenvalue weighted by Crippen LogP contribution is -1.79. The predicted octanol–water partition coefficient (Wildman–Crippen LogP) is 2.41. The first-order valence-electron chi connectivity index (χ1n) is 3.49. The molecule has 0 aliphatic rings. The molecule has 4 heteroatoms. The van der Waals surface area contributed by atoms with Crippen molar-refractivity contribution in [2.75, 3.05) is 0 Å². The monoisotopic (exact) mass is 168 g/mol. The van der Waals surface area contributed by atoms with Crippen molar-refractivity contribution < 1.29 is 4.52 Å². The summed E-state index contributed by atoms with van der Waals surface area (Å²) in [6.07, 6.45) is 1.73. The number of hydrogen-bond donors (Lipinski definition) is 0. The molecule has 2 rings (SSSR count). The zero-order valence-corrected chi connectivity index (χ0v) is 7.18. The number of aromatic nitrogens is 2. The van der Waals surface area contributed by atoms with Gasteiger partial charge >= 0.3 is 0 Å². The Labute approximate surface area is 68.2 Å². The van der Waals surface area contributed by atoms with E-state index < -0.39 is 0 Å². The number of hydrogen-bond acceptors (Lipinski definition) is 4. The van der Waals surface area contributed by atoms with Gasteiger partial charge in [0.05, 0.1) is 11.6 Å². The van der Waals surface area contributed by atoms with Crippen molar-refractivity contribution in [3.8, 4) is 0 Å². The highest BCUT2D eigenvalue weighted by Crippen LogP contribution is 2.28. The van der Waals surface area contributed by atoms with Crippen LogP contribution in [0.15, 0.2) is 10.7 Å². The Morgan fingerprint density at radius 3 is 3.09 bits per heavy atom. The lowest BCUT2D eigenvalue weighted by Gasteiger charge is -1.95. The standard InChI is InChI=1S/C7H8N2OS/c1-4(2)6-5-3-8-10-7(5)9-11-6/h3-4H,1-2H3. The lowest BCUT2D eigenvalue weighted by atomic mass is 10.1. The molecule has 0 bridgehead atoms. The van der Waals surface area contributed by atoms with Crippen LogP contribution in [0.4, 0.5) is 0 Å². The van der Waals surface area contributed by atoms with Crippen LogP contribution < -0.4 is 0 Å². The molecule has 0 atom stereocenters. The summed E-state index contributed by atoms with van der Waals surface area (Å²) in [5.41, 5.74) is 0.665. The van der Waals surface area contributed by atoms with Crippen molar-refractivity contribution in [1.82, 2.24) is 9.53 Å². The maximum Gasteiger partial charge on any atom is 0.269 e. The van der Waals surface area contributed by atoms with Crippen molar-refractivity contribution in [1.29, 1.82) is 0 Å². The largest absolute Gasteiger partial charge is 0.335 e. The van der Waals surface area contributed by atoms with Crippen molar-refractivity contribution in [3.63, 3.8) is 0 Å². The summed E-state index contributed by atoms with van der Waals surface area (Å²) in [6, 6.07) is 0. The zero-order chi connectivity index (χ0) is 7.84. The molecular weight excluding hydrogens is 160 g/mol. The van der Waals surface area contributed by atoms with Crippen LogP contribution in [0.3, 0.4) is 0 Å². The molecule has 2 aromatic rings. The van der Waals surface area contributed by atoms with Gasteiger partial charge in [0.2, 0.25) is 0 Å². The zero-order valence-electron chi connectivity index (χ0n) is 6.37. The molecule has 0 saturated heterocycles. The van der Waals surface area contributed by atoms with Crippen LogP contribution in [0.5, 0.6) is 0 Å². The van der Waals surface area contributed by atoms with Crippen molar-refractivity contribution in [2.45, 2.75) is 19.8 Å². The average Bonchev–Trinajstić information content (AvgIpc) is 2.41. The predicted molar refractivity (Wildman–Crippen MR) is 43.8 cm³/mol. The molecule has 0 fully saturated rings. The number of nitrogens with zero attached hydrogens (tertiary/aromatic N) is 2. The van der Waals surface area contributed by atoms with Crippen LogP contribution in [0, 0.1) is 0 Å². The van der Waals surface area contributed by atoms with E-state index in [0.717, 1.165) is 5.39 Å². The topological polar surface area (TPSA) is 38.9 Å². The summed E-state index contributed by atoms with van der Waals surface area (Å²) < 4.78 is 9.01. The molecule has 2 aromatic heterocycles. The van der Waals surface area contributed by atoms with Crippen LogP contribution in [-0.2, 0) is 0 Å². The van der Waals surface area contributed by atoms with E-state index in [1.807, 2.05) is 0 Å². The summed E-state index contributed by atoms with van der Waals surface area (Å²) in [5.74, 6) is 0.504. The second kappa shape index (κ2) is 2.30. The third-order valence-corrected chi connectivity index (χ3v) is 2.71. The van der Waals surface area contributed by atoms with Crippen LogP contribution >= 0.6 is 11.5 Å². The minimum absolute atomic E-state index is 0.504. The van der Waals surface area contributed by atoms with E-state index in [2.05, 4.69) is 23.4 Å². The fraction of sp³-hybridized carbons (Fsp3) is 0.429. The van der Waals surface area contributed by atoms with Gasteiger partial charge in [-0.25, -0.2) is 0 Å². The Bertz CT molecular complexity index is 363. The molecule has 0 N–H and O–H groups in total. The second-order valence-electron chi connectivity index (χ2n) is 2.75. The first-order chi connectivity index (χ1) is 5.29. The molecule has 2 heterocycles. The molecular formula is C7H8N2OS. The quantitative estimate of drug-likeness (QED) is 0.656. The molecule has 0 aliphatic heterocycles. The van der Waals surface area contributed by atoms with E-state index in [1.54, 1.807) is 6.20 Å². The highest BCUT2D eigenvalue weighted by molar-refractivity contribution is 7.07. The summed E-state index contributed by atoms with van der Waals surface area (Å²) in [4.78, 5) is 1.25. The Morgan fingerprint density at radius 2 is 2.36 bits per heavy atom. The highest BCUT2D eigenvalue weighted by atomic mass is 32.1. The first-order valence-corrected chi connectivity index (χ1v) is 4.26. The molecule has 0 aliphatic carbocycles. The van der Waals surface area contributed by atoms with Crippen LogP contribution in [-0.4, -0.2) is 9.53 Å².